The number of rotatable bonds is 56. The predicted octanol–water partition coefficient (Wildman–Crippen LogP) is 13.8. The quantitative estimate of drug-likeness (QED) is 0.0204. The van der Waals surface area contributed by atoms with Crippen molar-refractivity contribution in [2.24, 2.45) is 0 Å². The number of hydrogen-bond acceptors (Lipinski definition) is 13. The summed E-state index contributed by atoms with van der Waals surface area (Å²) in [4.78, 5) is 13.3. The third-order valence-corrected chi connectivity index (χ3v) is 16.6. The van der Waals surface area contributed by atoms with Crippen molar-refractivity contribution in [3.63, 3.8) is 0 Å². The van der Waals surface area contributed by atoms with E-state index in [0.29, 0.717) is 6.42 Å². The first kappa shape index (κ1) is 78.5. The van der Waals surface area contributed by atoms with Gasteiger partial charge in [0.05, 0.1) is 32.0 Å². The molecule has 2 aliphatic heterocycles. The Morgan fingerprint density at radius 1 is 0.435 bits per heavy atom. The summed E-state index contributed by atoms with van der Waals surface area (Å²) >= 11 is 0. The number of carbonyl (C=O) groups excluding carboxylic acids is 1. The van der Waals surface area contributed by atoms with Gasteiger partial charge in [0.1, 0.15) is 48.8 Å². The number of carbonyl (C=O) groups is 1. The molecule has 2 heterocycles. The number of amides is 1. The summed E-state index contributed by atoms with van der Waals surface area (Å²) in [5.74, 6) is -0.238. The maximum Gasteiger partial charge on any atom is 0.220 e. The van der Waals surface area contributed by atoms with Crippen molar-refractivity contribution in [3.8, 4) is 0 Å². The smallest absolute Gasteiger partial charge is 0.220 e. The largest absolute Gasteiger partial charge is 0.394 e. The molecule has 1 amide bonds. The highest BCUT2D eigenvalue weighted by Crippen LogP contribution is 2.30. The Bertz CT molecular complexity index is 1700. The fourth-order valence-corrected chi connectivity index (χ4v) is 11.1. The van der Waals surface area contributed by atoms with Gasteiger partial charge in [0.15, 0.2) is 12.6 Å². The first-order valence-electron chi connectivity index (χ1n) is 34.7. The molecule has 0 bridgehead atoms. The SMILES string of the molecule is CC/C=C\C/C=C\C/C=C\C/C=C\C/C=C\CCCCCCCCCCCCCCCCCCCC(=O)NC(COC1OC(CO)C(OC2OC(CO)C(O)C(O)C2O)C(O)C1O)C(O)/C=C/CCCCCCCCCCCCCCCCCC. The van der Waals surface area contributed by atoms with Crippen LogP contribution in [0.3, 0.4) is 0 Å². The maximum atomic E-state index is 13.3. The Kier molecular flexibility index (Phi) is 51.3. The lowest BCUT2D eigenvalue weighted by Gasteiger charge is -2.46. The minimum absolute atomic E-state index is 0.238. The van der Waals surface area contributed by atoms with Gasteiger partial charge in [-0.2, -0.15) is 0 Å². The van der Waals surface area contributed by atoms with E-state index in [0.717, 1.165) is 70.6 Å². The van der Waals surface area contributed by atoms with Crippen molar-refractivity contribution in [1.29, 1.82) is 0 Å². The van der Waals surface area contributed by atoms with Gasteiger partial charge in [0.2, 0.25) is 5.91 Å². The zero-order valence-corrected chi connectivity index (χ0v) is 53.6. The molecule has 0 aromatic rings. The van der Waals surface area contributed by atoms with Crippen LogP contribution in [0.1, 0.15) is 277 Å². The van der Waals surface area contributed by atoms with E-state index in [4.69, 9.17) is 18.9 Å². The lowest BCUT2D eigenvalue weighted by molar-refractivity contribution is -0.359. The molecular weight excluding hydrogens is 1070 g/mol. The Morgan fingerprint density at radius 2 is 0.812 bits per heavy atom. The predicted molar refractivity (Wildman–Crippen MR) is 346 cm³/mol. The molecule has 14 heteroatoms. The van der Waals surface area contributed by atoms with Crippen LogP contribution in [0.5, 0.6) is 0 Å². The second-order valence-corrected chi connectivity index (χ2v) is 24.3. The highest BCUT2D eigenvalue weighted by atomic mass is 16.7. The Hall–Kier alpha value is -2.57. The van der Waals surface area contributed by atoms with Crippen LogP contribution in [0.25, 0.3) is 0 Å². The van der Waals surface area contributed by atoms with Crippen LogP contribution in [-0.4, -0.2) is 140 Å². The van der Waals surface area contributed by atoms with Crippen LogP contribution in [-0.2, 0) is 23.7 Å². The summed E-state index contributed by atoms with van der Waals surface area (Å²) in [6.07, 6.45) is 58.1. The molecule has 14 nitrogen and oxygen atoms in total. The summed E-state index contributed by atoms with van der Waals surface area (Å²) in [5, 5.41) is 87.4. The summed E-state index contributed by atoms with van der Waals surface area (Å²) in [5.41, 5.74) is 0. The summed E-state index contributed by atoms with van der Waals surface area (Å²) in [6.45, 7) is 2.71. The normalized spacial score (nSPS) is 24.0. The van der Waals surface area contributed by atoms with Gasteiger partial charge in [-0.25, -0.2) is 0 Å². The molecule has 12 unspecified atom stereocenters. The van der Waals surface area contributed by atoms with Crippen molar-refractivity contribution in [2.45, 2.75) is 351 Å². The molecule has 0 radical (unpaired) electrons. The number of ether oxygens (including phenoxy) is 4. The molecule has 9 N–H and O–H groups in total. The summed E-state index contributed by atoms with van der Waals surface area (Å²) in [6, 6.07) is -0.917. The van der Waals surface area contributed by atoms with E-state index in [1.54, 1.807) is 6.08 Å². The van der Waals surface area contributed by atoms with Crippen molar-refractivity contribution in [3.05, 3.63) is 72.9 Å². The monoisotopic (exact) mass is 1200 g/mol. The van der Waals surface area contributed by atoms with E-state index in [2.05, 4.69) is 79.9 Å². The van der Waals surface area contributed by atoms with Crippen molar-refractivity contribution in [1.82, 2.24) is 5.32 Å². The molecule has 0 aromatic carbocycles. The molecule has 12 atom stereocenters. The Morgan fingerprint density at radius 3 is 1.25 bits per heavy atom. The fraction of sp³-hybridized carbons (Fsp3) is 0.817. The first-order chi connectivity index (χ1) is 41.6. The standard InChI is InChI=1S/C71H127NO13/c1-3-5-7-9-11-13-15-17-19-21-23-24-25-26-27-28-29-30-31-32-33-34-35-36-37-39-41-43-45-47-49-51-53-55-63(76)72-59(60(75)54-52-50-48-46-44-42-40-38-22-20-18-16-14-12-10-8-6-4-2)58-82-70-68(81)66(79)69(62(57-74)84-70)85-71-67(80)65(78)64(77)61(56-73)83-71/h5,7,11,13,17,19,23-24,26-27,52,54,59-62,64-71,73-75,77-81H,3-4,6,8-10,12,14-16,18,20-22,25,28-51,53,55-58H2,1-2H3,(H,72,76)/b7-5-,13-11-,19-17-,24-23-,27-26-,54-52+. The van der Waals surface area contributed by atoms with Crippen molar-refractivity contribution in [2.75, 3.05) is 19.8 Å². The number of aliphatic hydroxyl groups is 8. The average Bonchev–Trinajstić information content (AvgIpc) is 3.29. The molecular formula is C71H127NO13. The third kappa shape index (κ3) is 39.9. The lowest BCUT2D eigenvalue weighted by Crippen LogP contribution is -2.65. The molecule has 0 spiro atoms. The lowest BCUT2D eigenvalue weighted by atomic mass is 9.97. The van der Waals surface area contributed by atoms with Gasteiger partial charge in [0.25, 0.3) is 0 Å². The van der Waals surface area contributed by atoms with E-state index < -0.39 is 86.8 Å². The minimum atomic E-state index is -1.79. The summed E-state index contributed by atoms with van der Waals surface area (Å²) < 4.78 is 22.8. The number of hydrogen-bond donors (Lipinski definition) is 9. The molecule has 494 valence electrons. The van der Waals surface area contributed by atoms with Crippen LogP contribution in [0.15, 0.2) is 72.9 Å². The van der Waals surface area contributed by atoms with Crippen LogP contribution in [0.4, 0.5) is 0 Å². The highest BCUT2D eigenvalue weighted by molar-refractivity contribution is 5.76. The van der Waals surface area contributed by atoms with Gasteiger partial charge in [-0.3, -0.25) is 4.79 Å². The zero-order valence-electron chi connectivity index (χ0n) is 53.6. The minimum Gasteiger partial charge on any atom is -0.394 e. The third-order valence-electron chi connectivity index (χ3n) is 16.6. The molecule has 2 fully saturated rings. The molecule has 0 aliphatic carbocycles. The second kappa shape index (κ2) is 55.5. The van der Waals surface area contributed by atoms with Crippen molar-refractivity contribution < 1.29 is 64.6 Å². The number of unbranched alkanes of at least 4 members (excludes halogenated alkanes) is 33. The maximum absolute atomic E-state index is 13.3. The topological polar surface area (TPSA) is 228 Å². The molecule has 0 saturated carbocycles. The van der Waals surface area contributed by atoms with Gasteiger partial charge in [0, 0.05) is 6.42 Å². The van der Waals surface area contributed by atoms with Crippen LogP contribution in [0, 0.1) is 0 Å². The highest BCUT2D eigenvalue weighted by Gasteiger charge is 2.51. The molecule has 85 heavy (non-hydrogen) atoms. The van der Waals surface area contributed by atoms with E-state index in [9.17, 15) is 45.6 Å². The van der Waals surface area contributed by atoms with Crippen LogP contribution >= 0.6 is 0 Å². The van der Waals surface area contributed by atoms with E-state index in [1.165, 1.54) is 180 Å². The van der Waals surface area contributed by atoms with Gasteiger partial charge in [-0.15, -0.1) is 0 Å². The summed E-state index contributed by atoms with van der Waals surface area (Å²) in [7, 11) is 0. The molecule has 2 rings (SSSR count). The fourth-order valence-electron chi connectivity index (χ4n) is 11.1. The zero-order chi connectivity index (χ0) is 61.6. The van der Waals surface area contributed by atoms with E-state index >= 15 is 0 Å². The van der Waals surface area contributed by atoms with Gasteiger partial charge in [-0.1, -0.05) is 279 Å². The first-order valence-corrected chi connectivity index (χ1v) is 34.7. The molecule has 2 saturated heterocycles. The Labute approximate surface area is 517 Å². The van der Waals surface area contributed by atoms with Crippen LogP contribution in [0.2, 0.25) is 0 Å². The van der Waals surface area contributed by atoms with Crippen molar-refractivity contribution >= 4 is 5.91 Å². The number of aliphatic hydroxyl groups excluding tert-OH is 8. The van der Waals surface area contributed by atoms with Gasteiger partial charge in [-0.05, 0) is 64.2 Å². The number of nitrogens with one attached hydrogen (secondary N) is 1. The van der Waals surface area contributed by atoms with Gasteiger partial charge < -0.3 is 65.1 Å². The molecule has 2 aliphatic rings. The van der Waals surface area contributed by atoms with Gasteiger partial charge >= 0.3 is 0 Å². The second-order valence-electron chi connectivity index (χ2n) is 24.3. The Balaban J connectivity index is 1.65. The number of allylic oxidation sites excluding steroid dienone is 11. The van der Waals surface area contributed by atoms with E-state index in [-0.39, 0.29) is 18.9 Å². The molecule has 0 aromatic heterocycles. The average molecular weight is 1200 g/mol. The van der Waals surface area contributed by atoms with E-state index in [1.807, 2.05) is 6.08 Å². The van der Waals surface area contributed by atoms with Crippen LogP contribution < -0.4 is 5.32 Å².